The third-order valence-corrected chi connectivity index (χ3v) is 3.66. The molecule has 0 N–H and O–H groups in total. The molecule has 1 heterocycles. The van der Waals surface area contributed by atoms with E-state index in [1.54, 1.807) is 0 Å². The van der Waals surface area contributed by atoms with Gasteiger partial charge in [-0.3, -0.25) is 9.98 Å². The largest absolute Gasteiger partial charge is 0.280 e. The molecule has 0 unspecified atom stereocenters. The van der Waals surface area contributed by atoms with Gasteiger partial charge in [0.25, 0.3) is 0 Å². The fraction of sp³-hybridized carbons (Fsp3) is 0.294. The van der Waals surface area contributed by atoms with Crippen molar-refractivity contribution in [2.24, 2.45) is 4.99 Å². The molecule has 0 radical (unpaired) electrons. The van der Waals surface area contributed by atoms with E-state index in [9.17, 15) is 0 Å². The van der Waals surface area contributed by atoms with Crippen LogP contribution >= 0.6 is 0 Å². The lowest BCUT2D eigenvalue weighted by molar-refractivity contribution is 0.778. The second kappa shape index (κ2) is 5.35. The molecule has 0 bridgehead atoms. The molecule has 1 aliphatic rings. The molecule has 0 saturated heterocycles. The molecule has 0 spiro atoms. The van der Waals surface area contributed by atoms with E-state index in [2.05, 4.69) is 42.2 Å². The normalized spacial score (nSPS) is 18.1. The van der Waals surface area contributed by atoms with Crippen LogP contribution in [0.5, 0.6) is 0 Å². The van der Waals surface area contributed by atoms with Gasteiger partial charge in [-0.05, 0) is 43.4 Å². The third kappa shape index (κ3) is 2.58. The zero-order valence-corrected chi connectivity index (χ0v) is 11.2. The van der Waals surface area contributed by atoms with Gasteiger partial charge in [0.2, 0.25) is 0 Å². The molecule has 96 valence electrons. The highest BCUT2D eigenvalue weighted by Gasteiger charge is 2.17. The number of benzene rings is 1. The van der Waals surface area contributed by atoms with Crippen molar-refractivity contribution in [3.8, 4) is 0 Å². The number of hydrogen-bond donors (Lipinski definition) is 0. The van der Waals surface area contributed by atoms with E-state index in [4.69, 9.17) is 4.99 Å². The summed E-state index contributed by atoms with van der Waals surface area (Å²) in [6.45, 7) is 2.15. The SMILES string of the molecule is C[C@@H](/N=C1\CCCc2cccnc21)c1ccccc1. The topological polar surface area (TPSA) is 25.2 Å². The molecule has 0 saturated carbocycles. The maximum atomic E-state index is 4.90. The van der Waals surface area contributed by atoms with Crippen LogP contribution in [0.4, 0.5) is 0 Å². The van der Waals surface area contributed by atoms with Gasteiger partial charge < -0.3 is 0 Å². The second-order valence-electron chi connectivity index (χ2n) is 5.03. The van der Waals surface area contributed by atoms with Crippen LogP contribution in [0, 0.1) is 0 Å². The van der Waals surface area contributed by atoms with E-state index in [-0.39, 0.29) is 6.04 Å². The smallest absolute Gasteiger partial charge is 0.0872 e. The molecule has 2 nitrogen and oxygen atoms in total. The van der Waals surface area contributed by atoms with Gasteiger partial charge in [0.05, 0.1) is 17.4 Å². The van der Waals surface area contributed by atoms with Crippen LogP contribution in [-0.4, -0.2) is 10.7 Å². The van der Waals surface area contributed by atoms with Crippen molar-refractivity contribution in [1.29, 1.82) is 0 Å². The maximum absolute atomic E-state index is 4.90. The fourth-order valence-corrected chi connectivity index (χ4v) is 2.63. The monoisotopic (exact) mass is 250 g/mol. The number of rotatable bonds is 2. The first-order valence-electron chi connectivity index (χ1n) is 6.90. The standard InChI is InChI=1S/C17H18N2/c1-13(14-7-3-2-4-8-14)19-16-11-5-9-15-10-6-12-18-17(15)16/h2-4,6-8,10,12-13H,5,9,11H2,1H3/b19-16+/t13-/m1/s1. The van der Waals surface area contributed by atoms with Crippen molar-refractivity contribution in [3.63, 3.8) is 0 Å². The Bertz CT molecular complexity index is 587. The summed E-state index contributed by atoms with van der Waals surface area (Å²) in [5, 5.41) is 0. The molecular weight excluding hydrogens is 232 g/mol. The predicted octanol–water partition coefficient (Wildman–Crippen LogP) is 3.97. The van der Waals surface area contributed by atoms with E-state index in [1.807, 2.05) is 18.3 Å². The van der Waals surface area contributed by atoms with Crippen LogP contribution in [0.3, 0.4) is 0 Å². The van der Waals surface area contributed by atoms with E-state index >= 15 is 0 Å². The van der Waals surface area contributed by atoms with Crippen LogP contribution in [0.1, 0.15) is 42.6 Å². The van der Waals surface area contributed by atoms with Crippen LogP contribution in [0.25, 0.3) is 0 Å². The van der Waals surface area contributed by atoms with Crippen molar-refractivity contribution in [1.82, 2.24) is 4.98 Å². The van der Waals surface area contributed by atoms with Crippen LogP contribution < -0.4 is 0 Å². The maximum Gasteiger partial charge on any atom is 0.0872 e. The molecule has 0 fully saturated rings. The number of aromatic nitrogens is 1. The van der Waals surface area contributed by atoms with Gasteiger partial charge in [0.15, 0.2) is 0 Å². The molecule has 3 rings (SSSR count). The van der Waals surface area contributed by atoms with Gasteiger partial charge in [-0.1, -0.05) is 36.4 Å². The zero-order valence-electron chi connectivity index (χ0n) is 11.2. The van der Waals surface area contributed by atoms with Gasteiger partial charge in [-0.2, -0.15) is 0 Å². The number of nitrogens with zero attached hydrogens (tertiary/aromatic N) is 2. The Balaban J connectivity index is 1.93. The highest BCUT2D eigenvalue weighted by molar-refractivity contribution is 6.01. The Labute approximate surface area is 114 Å². The average Bonchev–Trinajstić information content (AvgIpc) is 2.48. The Morgan fingerprint density at radius 2 is 1.89 bits per heavy atom. The number of fused-ring (bicyclic) bond motifs is 1. The lowest BCUT2D eigenvalue weighted by atomic mass is 9.94. The molecule has 1 aliphatic carbocycles. The minimum Gasteiger partial charge on any atom is -0.280 e. The summed E-state index contributed by atoms with van der Waals surface area (Å²) in [6.07, 6.45) is 5.22. The highest BCUT2D eigenvalue weighted by Crippen LogP contribution is 2.23. The lowest BCUT2D eigenvalue weighted by Crippen LogP contribution is -2.14. The molecule has 2 aromatic rings. The summed E-state index contributed by atoms with van der Waals surface area (Å²) in [5.41, 5.74) is 4.88. The van der Waals surface area contributed by atoms with Crippen molar-refractivity contribution in [2.75, 3.05) is 0 Å². The molecule has 2 heteroatoms. The van der Waals surface area contributed by atoms with Gasteiger partial charge in [-0.15, -0.1) is 0 Å². The predicted molar refractivity (Wildman–Crippen MR) is 78.6 cm³/mol. The minimum absolute atomic E-state index is 0.198. The molecule has 0 aliphatic heterocycles. The van der Waals surface area contributed by atoms with Crippen LogP contribution in [0.2, 0.25) is 0 Å². The Kier molecular flexibility index (Phi) is 3.41. The summed E-state index contributed by atoms with van der Waals surface area (Å²) in [4.78, 5) is 9.42. The number of aryl methyl sites for hydroxylation is 1. The van der Waals surface area contributed by atoms with Gasteiger partial charge >= 0.3 is 0 Å². The number of aliphatic imine (C=N–C) groups is 1. The molecular formula is C17H18N2. The van der Waals surface area contributed by atoms with Crippen molar-refractivity contribution >= 4 is 5.71 Å². The molecule has 19 heavy (non-hydrogen) atoms. The number of hydrogen-bond acceptors (Lipinski definition) is 2. The highest BCUT2D eigenvalue weighted by atomic mass is 14.8. The van der Waals surface area contributed by atoms with E-state index in [1.165, 1.54) is 23.3 Å². The first-order chi connectivity index (χ1) is 9.34. The summed E-state index contributed by atoms with van der Waals surface area (Å²) >= 11 is 0. The zero-order chi connectivity index (χ0) is 13.1. The summed E-state index contributed by atoms with van der Waals surface area (Å²) in [7, 11) is 0. The summed E-state index contributed by atoms with van der Waals surface area (Å²) in [6, 6.07) is 14.8. The first kappa shape index (κ1) is 12.1. The minimum atomic E-state index is 0.198. The number of pyridine rings is 1. The van der Waals surface area contributed by atoms with Gasteiger partial charge in [0.1, 0.15) is 0 Å². The Hall–Kier alpha value is -1.96. The molecule has 1 aromatic heterocycles. The van der Waals surface area contributed by atoms with Crippen LogP contribution in [-0.2, 0) is 6.42 Å². The summed E-state index contributed by atoms with van der Waals surface area (Å²) in [5.74, 6) is 0. The quantitative estimate of drug-likeness (QED) is 0.791. The van der Waals surface area contributed by atoms with Crippen molar-refractivity contribution in [3.05, 3.63) is 65.5 Å². The van der Waals surface area contributed by atoms with Crippen molar-refractivity contribution < 1.29 is 0 Å². The molecule has 1 atom stereocenters. The average molecular weight is 250 g/mol. The van der Waals surface area contributed by atoms with Gasteiger partial charge in [-0.25, -0.2) is 0 Å². The third-order valence-electron chi connectivity index (χ3n) is 3.66. The summed E-state index contributed by atoms with van der Waals surface area (Å²) < 4.78 is 0. The van der Waals surface area contributed by atoms with E-state index in [0.717, 1.165) is 18.5 Å². The fourth-order valence-electron chi connectivity index (χ4n) is 2.63. The Morgan fingerprint density at radius 3 is 2.74 bits per heavy atom. The Morgan fingerprint density at radius 1 is 1.05 bits per heavy atom. The molecule has 0 amide bonds. The lowest BCUT2D eigenvalue weighted by Gasteiger charge is -2.18. The second-order valence-corrected chi connectivity index (χ2v) is 5.03. The van der Waals surface area contributed by atoms with Gasteiger partial charge in [0, 0.05) is 6.20 Å². The molecule has 1 aromatic carbocycles. The van der Waals surface area contributed by atoms with Crippen molar-refractivity contribution in [2.45, 2.75) is 32.2 Å². The van der Waals surface area contributed by atoms with E-state index in [0.29, 0.717) is 0 Å². The first-order valence-corrected chi connectivity index (χ1v) is 6.90. The van der Waals surface area contributed by atoms with E-state index < -0.39 is 0 Å². The van der Waals surface area contributed by atoms with Crippen LogP contribution in [0.15, 0.2) is 53.7 Å².